The van der Waals surface area contributed by atoms with Crippen LogP contribution < -0.4 is 0 Å². The highest BCUT2D eigenvalue weighted by molar-refractivity contribution is 9.10. The van der Waals surface area contributed by atoms with Gasteiger partial charge in [-0.2, -0.15) is 0 Å². The average molecular weight is 357 g/mol. The molecule has 114 valence electrons. The number of piperidine rings is 1. The first-order valence-electron chi connectivity index (χ1n) is 6.75. The van der Waals surface area contributed by atoms with Crippen LogP contribution in [-0.2, 0) is 4.74 Å². The highest BCUT2D eigenvalue weighted by Crippen LogP contribution is 2.27. The summed E-state index contributed by atoms with van der Waals surface area (Å²) in [5.74, 6) is 0.171. The smallest absolute Gasteiger partial charge is 0.284 e. The van der Waals surface area contributed by atoms with Gasteiger partial charge in [0.2, 0.25) is 0 Å². The van der Waals surface area contributed by atoms with Gasteiger partial charge < -0.3 is 9.64 Å². The molecule has 1 aliphatic heterocycles. The van der Waals surface area contributed by atoms with Gasteiger partial charge in [-0.25, -0.2) is 0 Å². The molecule has 0 radical (unpaired) electrons. The molecule has 21 heavy (non-hydrogen) atoms. The third-order valence-electron chi connectivity index (χ3n) is 3.60. The van der Waals surface area contributed by atoms with Crippen molar-refractivity contribution in [3.05, 3.63) is 38.3 Å². The first-order valence-corrected chi connectivity index (χ1v) is 7.54. The molecular formula is C14H17BrN2O4. The van der Waals surface area contributed by atoms with Crippen molar-refractivity contribution in [1.29, 1.82) is 0 Å². The predicted octanol–water partition coefficient (Wildman–Crippen LogP) is 2.86. The number of nitro groups is 1. The number of nitrogens with zero attached hydrogens (tertiary/aromatic N) is 2. The molecule has 1 heterocycles. The highest BCUT2D eigenvalue weighted by Gasteiger charge is 2.25. The van der Waals surface area contributed by atoms with Crippen LogP contribution in [0.5, 0.6) is 0 Å². The van der Waals surface area contributed by atoms with E-state index in [0.717, 1.165) is 12.8 Å². The lowest BCUT2D eigenvalue weighted by atomic mass is 9.98. The molecule has 1 aromatic carbocycles. The predicted molar refractivity (Wildman–Crippen MR) is 81.3 cm³/mol. The van der Waals surface area contributed by atoms with E-state index in [9.17, 15) is 14.9 Å². The molecule has 6 nitrogen and oxygen atoms in total. The average Bonchev–Trinajstić information content (AvgIpc) is 2.47. The normalized spacial score (nSPS) is 18.6. The second-order valence-electron chi connectivity index (χ2n) is 5.14. The van der Waals surface area contributed by atoms with E-state index >= 15 is 0 Å². The van der Waals surface area contributed by atoms with Gasteiger partial charge in [0.1, 0.15) is 0 Å². The maximum absolute atomic E-state index is 12.5. The van der Waals surface area contributed by atoms with E-state index in [1.165, 1.54) is 6.07 Å². The minimum absolute atomic E-state index is 0.0914. The Morgan fingerprint density at radius 2 is 2.33 bits per heavy atom. The fraction of sp³-hybridized carbons (Fsp3) is 0.500. The summed E-state index contributed by atoms with van der Waals surface area (Å²) in [6.45, 7) is 1.95. The molecule has 0 aliphatic carbocycles. The number of carbonyl (C=O) groups is 1. The minimum atomic E-state index is -0.495. The van der Waals surface area contributed by atoms with Gasteiger partial charge in [-0.1, -0.05) is 0 Å². The van der Waals surface area contributed by atoms with Crippen LogP contribution in [0.25, 0.3) is 0 Å². The van der Waals surface area contributed by atoms with Gasteiger partial charge in [-0.3, -0.25) is 14.9 Å². The zero-order valence-electron chi connectivity index (χ0n) is 11.8. The second-order valence-corrected chi connectivity index (χ2v) is 5.99. The number of halogens is 1. The molecule has 1 saturated heterocycles. The van der Waals surface area contributed by atoms with Crippen LogP contribution in [-0.4, -0.2) is 42.5 Å². The summed E-state index contributed by atoms with van der Waals surface area (Å²) >= 11 is 3.12. The first-order chi connectivity index (χ1) is 10.0. The van der Waals surface area contributed by atoms with Crippen LogP contribution in [0.3, 0.4) is 0 Å². The molecule has 0 spiro atoms. The molecule has 1 unspecified atom stereocenters. The molecule has 2 rings (SSSR count). The van der Waals surface area contributed by atoms with Crippen molar-refractivity contribution < 1.29 is 14.5 Å². The molecule has 0 N–H and O–H groups in total. The zero-order valence-corrected chi connectivity index (χ0v) is 13.3. The van der Waals surface area contributed by atoms with Gasteiger partial charge in [0, 0.05) is 31.8 Å². The number of rotatable bonds is 4. The third-order valence-corrected chi connectivity index (χ3v) is 4.27. The number of hydrogen-bond acceptors (Lipinski definition) is 4. The van der Waals surface area contributed by atoms with E-state index in [2.05, 4.69) is 15.9 Å². The van der Waals surface area contributed by atoms with Crippen LogP contribution in [0, 0.1) is 16.0 Å². The number of likely N-dealkylation sites (tertiary alicyclic amines) is 1. The van der Waals surface area contributed by atoms with Crippen LogP contribution in [0.4, 0.5) is 5.69 Å². The van der Waals surface area contributed by atoms with Crippen molar-refractivity contribution in [2.75, 3.05) is 26.8 Å². The Labute approximate surface area is 131 Å². The summed E-state index contributed by atoms with van der Waals surface area (Å²) in [5, 5.41) is 10.9. The SMILES string of the molecule is COCC1CCCN(C(=O)c2ccc(Br)c([N+](=O)[O-])c2)C1. The molecule has 0 aromatic heterocycles. The van der Waals surface area contributed by atoms with Gasteiger partial charge in [-0.05, 0) is 46.8 Å². The number of methoxy groups -OCH3 is 1. The summed E-state index contributed by atoms with van der Waals surface area (Å²) in [4.78, 5) is 24.7. The molecule has 1 amide bonds. The van der Waals surface area contributed by atoms with Gasteiger partial charge in [-0.15, -0.1) is 0 Å². The Kier molecular flexibility index (Phi) is 5.30. The number of hydrogen-bond donors (Lipinski definition) is 0. The lowest BCUT2D eigenvalue weighted by Gasteiger charge is -2.32. The Hall–Kier alpha value is -1.47. The first kappa shape index (κ1) is 15.9. The molecule has 1 fully saturated rings. The third kappa shape index (κ3) is 3.79. The summed E-state index contributed by atoms with van der Waals surface area (Å²) < 4.78 is 5.52. The fourth-order valence-corrected chi connectivity index (χ4v) is 2.98. The van der Waals surface area contributed by atoms with E-state index in [1.807, 2.05) is 0 Å². The number of nitro benzene ring substituents is 1. The number of ether oxygens (including phenoxy) is 1. The molecule has 7 heteroatoms. The van der Waals surface area contributed by atoms with Gasteiger partial charge >= 0.3 is 0 Å². The van der Waals surface area contributed by atoms with Gasteiger partial charge in [0.15, 0.2) is 0 Å². The van der Waals surface area contributed by atoms with E-state index in [4.69, 9.17) is 4.74 Å². The topological polar surface area (TPSA) is 72.7 Å². The molecule has 1 aromatic rings. The van der Waals surface area contributed by atoms with Crippen LogP contribution in [0.15, 0.2) is 22.7 Å². The largest absolute Gasteiger partial charge is 0.384 e. The number of amides is 1. The summed E-state index contributed by atoms with van der Waals surface area (Å²) in [7, 11) is 1.65. The summed E-state index contributed by atoms with van der Waals surface area (Å²) in [6, 6.07) is 4.48. The van der Waals surface area contributed by atoms with E-state index in [-0.39, 0.29) is 11.6 Å². The van der Waals surface area contributed by atoms with Crippen LogP contribution in [0.2, 0.25) is 0 Å². The fourth-order valence-electron chi connectivity index (χ4n) is 2.59. The lowest BCUT2D eigenvalue weighted by Crippen LogP contribution is -2.41. The van der Waals surface area contributed by atoms with Crippen molar-refractivity contribution >= 4 is 27.5 Å². The van der Waals surface area contributed by atoms with Gasteiger partial charge in [0.05, 0.1) is 16.0 Å². The molecule has 0 bridgehead atoms. The lowest BCUT2D eigenvalue weighted by molar-refractivity contribution is -0.385. The minimum Gasteiger partial charge on any atom is -0.384 e. The van der Waals surface area contributed by atoms with Crippen LogP contribution >= 0.6 is 15.9 Å². The Balaban J connectivity index is 2.16. The molecule has 1 aliphatic rings. The Morgan fingerprint density at radius 3 is 3.00 bits per heavy atom. The standard InChI is InChI=1S/C14H17BrN2O4/c1-21-9-10-3-2-6-16(8-10)14(18)11-4-5-12(15)13(7-11)17(19)20/h4-5,7,10H,2-3,6,8-9H2,1H3. The number of carbonyl (C=O) groups excluding carboxylic acids is 1. The van der Waals surface area contributed by atoms with Crippen molar-refractivity contribution in [2.45, 2.75) is 12.8 Å². The van der Waals surface area contributed by atoms with Crippen molar-refractivity contribution in [3.8, 4) is 0 Å². The molecule has 0 saturated carbocycles. The maximum Gasteiger partial charge on any atom is 0.284 e. The zero-order chi connectivity index (χ0) is 15.4. The molecule has 1 atom stereocenters. The van der Waals surface area contributed by atoms with Crippen LogP contribution in [0.1, 0.15) is 23.2 Å². The van der Waals surface area contributed by atoms with Gasteiger partial charge in [0.25, 0.3) is 11.6 Å². The number of benzene rings is 1. The maximum atomic E-state index is 12.5. The second kappa shape index (κ2) is 7.00. The Morgan fingerprint density at radius 1 is 1.57 bits per heavy atom. The molecular weight excluding hydrogens is 340 g/mol. The monoisotopic (exact) mass is 356 g/mol. The summed E-state index contributed by atoms with van der Waals surface area (Å²) in [6.07, 6.45) is 1.97. The van der Waals surface area contributed by atoms with E-state index < -0.39 is 4.92 Å². The Bertz CT molecular complexity index is 548. The summed E-state index contributed by atoms with van der Waals surface area (Å²) in [5.41, 5.74) is 0.259. The van der Waals surface area contributed by atoms with Crippen molar-refractivity contribution in [1.82, 2.24) is 4.90 Å². The highest BCUT2D eigenvalue weighted by atomic mass is 79.9. The quantitative estimate of drug-likeness (QED) is 0.614. The van der Waals surface area contributed by atoms with E-state index in [0.29, 0.717) is 35.7 Å². The van der Waals surface area contributed by atoms with Crippen molar-refractivity contribution in [2.24, 2.45) is 5.92 Å². The van der Waals surface area contributed by atoms with E-state index in [1.54, 1.807) is 24.1 Å². The van der Waals surface area contributed by atoms with Crippen molar-refractivity contribution in [3.63, 3.8) is 0 Å².